The number of carbonyl (C=O) groups is 1. The molecule has 100 valence electrons. The van der Waals surface area contributed by atoms with E-state index >= 15 is 0 Å². The van der Waals surface area contributed by atoms with Gasteiger partial charge in [0.1, 0.15) is 5.54 Å². The molecule has 1 aliphatic rings. The van der Waals surface area contributed by atoms with Crippen molar-refractivity contribution in [2.24, 2.45) is 5.92 Å². The Balaban J connectivity index is 2.29. The van der Waals surface area contributed by atoms with Crippen LogP contribution in [-0.2, 0) is 4.79 Å². The number of carboxylic acids is 1. The lowest BCUT2D eigenvalue weighted by atomic mass is 9.95. The Morgan fingerprint density at radius 2 is 2.29 bits per heavy atom. The second kappa shape index (κ2) is 6.36. The maximum atomic E-state index is 11.1. The van der Waals surface area contributed by atoms with Gasteiger partial charge in [-0.05, 0) is 58.7 Å². The number of hydrogen-bond donors (Lipinski definition) is 2. The first-order valence-electron chi connectivity index (χ1n) is 6.62. The topological polar surface area (TPSA) is 52.6 Å². The van der Waals surface area contributed by atoms with E-state index in [9.17, 15) is 4.79 Å². The fourth-order valence-corrected chi connectivity index (χ4v) is 2.48. The van der Waals surface area contributed by atoms with Crippen LogP contribution in [0.5, 0.6) is 0 Å². The number of hydrogen-bond acceptors (Lipinski definition) is 3. The Hall–Kier alpha value is -0.610. The molecule has 0 bridgehead atoms. The highest BCUT2D eigenvalue weighted by molar-refractivity contribution is 5.78. The molecule has 1 saturated heterocycles. The van der Waals surface area contributed by atoms with Gasteiger partial charge in [0.25, 0.3) is 0 Å². The van der Waals surface area contributed by atoms with Crippen LogP contribution in [-0.4, -0.2) is 48.2 Å². The van der Waals surface area contributed by atoms with E-state index in [1.54, 1.807) is 14.0 Å². The first kappa shape index (κ1) is 14.5. The molecule has 0 spiro atoms. The maximum absolute atomic E-state index is 11.1. The first-order valence-corrected chi connectivity index (χ1v) is 6.62. The number of nitrogens with zero attached hydrogens (tertiary/aromatic N) is 1. The van der Waals surface area contributed by atoms with Gasteiger partial charge in [-0.25, -0.2) is 0 Å². The van der Waals surface area contributed by atoms with E-state index in [2.05, 4.69) is 17.1 Å². The zero-order valence-electron chi connectivity index (χ0n) is 11.3. The second-order valence-electron chi connectivity index (χ2n) is 5.54. The van der Waals surface area contributed by atoms with Crippen molar-refractivity contribution in [3.05, 3.63) is 0 Å². The van der Waals surface area contributed by atoms with Gasteiger partial charge in [0.2, 0.25) is 0 Å². The minimum Gasteiger partial charge on any atom is -0.480 e. The van der Waals surface area contributed by atoms with E-state index in [4.69, 9.17) is 5.11 Å². The molecule has 0 radical (unpaired) electrons. The number of likely N-dealkylation sites (N-methyl/N-ethyl adjacent to an activating group) is 1. The van der Waals surface area contributed by atoms with Crippen LogP contribution >= 0.6 is 0 Å². The van der Waals surface area contributed by atoms with Crippen LogP contribution in [0.15, 0.2) is 0 Å². The summed E-state index contributed by atoms with van der Waals surface area (Å²) >= 11 is 0. The number of aliphatic carboxylic acids is 1. The van der Waals surface area contributed by atoms with Crippen LogP contribution in [0.2, 0.25) is 0 Å². The van der Waals surface area contributed by atoms with E-state index in [0.29, 0.717) is 6.42 Å². The first-order chi connectivity index (χ1) is 7.98. The summed E-state index contributed by atoms with van der Waals surface area (Å²) in [5.74, 6) is 0.0333. The molecule has 1 fully saturated rings. The summed E-state index contributed by atoms with van der Waals surface area (Å²) in [6, 6.07) is 0. The largest absolute Gasteiger partial charge is 0.480 e. The quantitative estimate of drug-likeness (QED) is 0.742. The van der Waals surface area contributed by atoms with Crippen molar-refractivity contribution in [3.63, 3.8) is 0 Å². The second-order valence-corrected chi connectivity index (χ2v) is 5.54. The molecular formula is C13H26N2O2. The summed E-state index contributed by atoms with van der Waals surface area (Å²) < 4.78 is 0. The molecule has 0 aliphatic carbocycles. The van der Waals surface area contributed by atoms with Gasteiger partial charge in [0.05, 0.1) is 0 Å². The lowest BCUT2D eigenvalue weighted by molar-refractivity contribution is -0.144. The van der Waals surface area contributed by atoms with Crippen molar-refractivity contribution in [1.82, 2.24) is 10.2 Å². The van der Waals surface area contributed by atoms with Crippen LogP contribution in [0.25, 0.3) is 0 Å². The molecule has 1 aliphatic heterocycles. The molecule has 1 heterocycles. The molecule has 17 heavy (non-hydrogen) atoms. The zero-order chi connectivity index (χ0) is 12.9. The van der Waals surface area contributed by atoms with Gasteiger partial charge in [0, 0.05) is 6.54 Å². The average Bonchev–Trinajstić information content (AvgIpc) is 2.28. The van der Waals surface area contributed by atoms with E-state index in [1.807, 2.05) is 0 Å². The molecule has 4 nitrogen and oxygen atoms in total. The van der Waals surface area contributed by atoms with Crippen LogP contribution < -0.4 is 5.32 Å². The average molecular weight is 242 g/mol. The highest BCUT2D eigenvalue weighted by atomic mass is 16.4. The van der Waals surface area contributed by atoms with Crippen LogP contribution in [0, 0.1) is 5.92 Å². The molecule has 1 rings (SSSR count). The maximum Gasteiger partial charge on any atom is 0.323 e. The van der Waals surface area contributed by atoms with Crippen LogP contribution in [0.1, 0.15) is 39.5 Å². The molecular weight excluding hydrogens is 216 g/mol. The summed E-state index contributed by atoms with van der Waals surface area (Å²) in [5, 5.41) is 12.0. The third kappa shape index (κ3) is 4.28. The molecule has 0 aromatic rings. The highest BCUT2D eigenvalue weighted by Gasteiger charge is 2.30. The number of piperidine rings is 1. The Morgan fingerprint density at radius 1 is 1.59 bits per heavy atom. The fraction of sp³-hybridized carbons (Fsp3) is 0.923. The van der Waals surface area contributed by atoms with Gasteiger partial charge in [0.15, 0.2) is 0 Å². The van der Waals surface area contributed by atoms with Gasteiger partial charge in [-0.1, -0.05) is 6.92 Å². The van der Waals surface area contributed by atoms with Gasteiger partial charge in [-0.3, -0.25) is 4.79 Å². The van der Waals surface area contributed by atoms with Crippen molar-refractivity contribution in [3.8, 4) is 0 Å². The third-order valence-electron chi connectivity index (χ3n) is 3.92. The van der Waals surface area contributed by atoms with Gasteiger partial charge < -0.3 is 15.3 Å². The fourth-order valence-electron chi connectivity index (χ4n) is 2.48. The highest BCUT2D eigenvalue weighted by Crippen LogP contribution is 2.17. The van der Waals surface area contributed by atoms with Crippen molar-refractivity contribution < 1.29 is 9.90 Å². The number of rotatable bonds is 6. The van der Waals surface area contributed by atoms with Crippen molar-refractivity contribution >= 4 is 5.97 Å². The minimum absolute atomic E-state index is 0.684. The molecule has 2 N–H and O–H groups in total. The Bertz CT molecular complexity index is 258. The SMILES string of the molecule is CNC(C)(CCCN1CCCC(C)C1)C(=O)O. The van der Waals surface area contributed by atoms with E-state index in [-0.39, 0.29) is 0 Å². The zero-order valence-corrected chi connectivity index (χ0v) is 11.3. The van der Waals surface area contributed by atoms with Crippen LogP contribution in [0.3, 0.4) is 0 Å². The number of likely N-dealkylation sites (tertiary alicyclic amines) is 1. The van der Waals surface area contributed by atoms with Crippen molar-refractivity contribution in [2.75, 3.05) is 26.7 Å². The predicted octanol–water partition coefficient (Wildman–Crippen LogP) is 1.56. The van der Waals surface area contributed by atoms with E-state index in [0.717, 1.165) is 18.9 Å². The molecule has 2 atom stereocenters. The standard InChI is InChI=1S/C13H26N2O2/c1-11-6-4-8-15(10-11)9-5-7-13(2,14-3)12(16)17/h11,14H,4-10H2,1-3H3,(H,16,17). The Kier molecular flexibility index (Phi) is 5.40. The summed E-state index contributed by atoms with van der Waals surface area (Å²) in [6.45, 7) is 7.42. The molecule has 2 unspecified atom stereocenters. The summed E-state index contributed by atoms with van der Waals surface area (Å²) in [6.07, 6.45) is 4.24. The monoisotopic (exact) mass is 242 g/mol. The summed E-state index contributed by atoms with van der Waals surface area (Å²) in [5.41, 5.74) is -0.776. The predicted molar refractivity (Wildman–Crippen MR) is 69.2 cm³/mol. The molecule has 0 aromatic heterocycles. The van der Waals surface area contributed by atoms with Crippen LogP contribution in [0.4, 0.5) is 0 Å². The van der Waals surface area contributed by atoms with Crippen molar-refractivity contribution in [1.29, 1.82) is 0 Å². The van der Waals surface area contributed by atoms with Crippen molar-refractivity contribution in [2.45, 2.75) is 45.1 Å². The smallest absolute Gasteiger partial charge is 0.323 e. The van der Waals surface area contributed by atoms with Gasteiger partial charge in [-0.2, -0.15) is 0 Å². The van der Waals surface area contributed by atoms with Gasteiger partial charge in [-0.15, -0.1) is 0 Å². The lowest BCUT2D eigenvalue weighted by Crippen LogP contribution is -2.48. The third-order valence-corrected chi connectivity index (χ3v) is 3.92. The number of carboxylic acid groups (broad SMARTS) is 1. The number of nitrogens with one attached hydrogen (secondary N) is 1. The Morgan fingerprint density at radius 3 is 2.82 bits per heavy atom. The molecule has 4 heteroatoms. The van der Waals surface area contributed by atoms with E-state index < -0.39 is 11.5 Å². The Labute approximate surface area is 104 Å². The van der Waals surface area contributed by atoms with E-state index in [1.165, 1.54) is 25.9 Å². The van der Waals surface area contributed by atoms with Gasteiger partial charge >= 0.3 is 5.97 Å². The minimum atomic E-state index is -0.776. The molecule has 0 saturated carbocycles. The lowest BCUT2D eigenvalue weighted by Gasteiger charge is -2.32. The summed E-state index contributed by atoms with van der Waals surface area (Å²) in [7, 11) is 1.72. The summed E-state index contributed by atoms with van der Waals surface area (Å²) in [4.78, 5) is 13.6. The molecule has 0 amide bonds. The molecule has 0 aromatic carbocycles. The normalized spacial score (nSPS) is 25.5.